The van der Waals surface area contributed by atoms with Gasteiger partial charge in [0.15, 0.2) is 17.2 Å². The lowest BCUT2D eigenvalue weighted by Crippen LogP contribution is -2.70. The Balaban J connectivity index is 1.87. The van der Waals surface area contributed by atoms with Crippen LogP contribution in [0.1, 0.15) is 40.0 Å². The molecule has 5 unspecified atom stereocenters. The van der Waals surface area contributed by atoms with Crippen molar-refractivity contribution in [3.05, 3.63) is 23.8 Å². The fourth-order valence-electron chi connectivity index (χ4n) is 7.25. The SMILES string of the molecule is CC1CC2C3CC(F)C4=CC(=O)C=C[C@]4(C)[C@@]3(F)C(O)C[C@]2(C)[C@@]1(O)C(=O)CO. The van der Waals surface area contributed by atoms with Crippen LogP contribution in [0, 0.1) is 28.6 Å². The predicted molar refractivity (Wildman–Crippen MR) is 100 cm³/mol. The largest absolute Gasteiger partial charge is 0.390 e. The number of allylic oxidation sites excluding steroid dienone is 4. The van der Waals surface area contributed by atoms with E-state index in [1.807, 2.05) is 0 Å². The van der Waals surface area contributed by atoms with E-state index in [1.165, 1.54) is 19.1 Å². The maximum atomic E-state index is 16.9. The minimum atomic E-state index is -2.24. The topological polar surface area (TPSA) is 94.8 Å². The summed E-state index contributed by atoms with van der Waals surface area (Å²) in [6.07, 6.45) is 0.427. The molecule has 160 valence electrons. The van der Waals surface area contributed by atoms with Gasteiger partial charge in [-0.05, 0) is 55.7 Å². The summed E-state index contributed by atoms with van der Waals surface area (Å²) >= 11 is 0. The number of rotatable bonds is 2. The minimum absolute atomic E-state index is 0.0409. The molecule has 3 N–H and O–H groups in total. The van der Waals surface area contributed by atoms with Crippen molar-refractivity contribution in [2.24, 2.45) is 28.6 Å². The van der Waals surface area contributed by atoms with Crippen LogP contribution in [0.4, 0.5) is 8.78 Å². The lowest BCUT2D eigenvalue weighted by atomic mass is 9.44. The molecule has 0 radical (unpaired) electrons. The Labute approximate surface area is 168 Å². The summed E-state index contributed by atoms with van der Waals surface area (Å²) in [6, 6.07) is 0. The molecule has 29 heavy (non-hydrogen) atoms. The zero-order valence-corrected chi connectivity index (χ0v) is 16.9. The van der Waals surface area contributed by atoms with Gasteiger partial charge in [0.05, 0.1) is 6.10 Å². The molecule has 3 fully saturated rings. The van der Waals surface area contributed by atoms with Gasteiger partial charge in [-0.15, -0.1) is 0 Å². The second-order valence-corrected chi connectivity index (χ2v) is 9.84. The summed E-state index contributed by atoms with van der Waals surface area (Å²) < 4.78 is 32.1. The number of Topliss-reactive ketones (excluding diaryl/α,β-unsaturated/α-hetero) is 1. The monoisotopic (exact) mass is 410 g/mol. The van der Waals surface area contributed by atoms with Crippen molar-refractivity contribution in [3.8, 4) is 0 Å². The molecule has 0 bridgehead atoms. The van der Waals surface area contributed by atoms with Crippen molar-refractivity contribution < 1.29 is 33.7 Å². The van der Waals surface area contributed by atoms with Gasteiger partial charge in [-0.2, -0.15) is 0 Å². The van der Waals surface area contributed by atoms with Gasteiger partial charge in [-0.3, -0.25) is 9.59 Å². The zero-order chi connectivity index (χ0) is 21.6. The van der Waals surface area contributed by atoms with Crippen LogP contribution in [-0.2, 0) is 9.59 Å². The van der Waals surface area contributed by atoms with Crippen LogP contribution in [0.3, 0.4) is 0 Å². The summed E-state index contributed by atoms with van der Waals surface area (Å²) in [5.41, 5.74) is -6.81. The van der Waals surface area contributed by atoms with E-state index in [1.54, 1.807) is 13.8 Å². The molecule has 0 amide bonds. The van der Waals surface area contributed by atoms with Gasteiger partial charge < -0.3 is 15.3 Å². The average Bonchev–Trinajstić information content (AvgIpc) is 2.86. The molecule has 0 aromatic heterocycles. The van der Waals surface area contributed by atoms with Crippen LogP contribution >= 0.6 is 0 Å². The first-order valence-corrected chi connectivity index (χ1v) is 10.2. The molecule has 7 heteroatoms. The Morgan fingerprint density at radius 3 is 2.55 bits per heavy atom. The molecular weight excluding hydrogens is 382 g/mol. The lowest BCUT2D eigenvalue weighted by Gasteiger charge is -2.63. The highest BCUT2D eigenvalue weighted by molar-refractivity contribution is 6.01. The Hall–Kier alpha value is -1.44. The molecule has 0 aromatic rings. The second kappa shape index (κ2) is 6.05. The van der Waals surface area contributed by atoms with E-state index in [0.717, 1.165) is 6.08 Å². The number of ketones is 2. The van der Waals surface area contributed by atoms with E-state index >= 15 is 8.78 Å². The average molecular weight is 410 g/mol. The van der Waals surface area contributed by atoms with Gasteiger partial charge in [0.2, 0.25) is 0 Å². The molecule has 4 rings (SSSR count). The highest BCUT2D eigenvalue weighted by atomic mass is 19.1. The summed E-state index contributed by atoms with van der Waals surface area (Å²) in [7, 11) is 0. The maximum Gasteiger partial charge on any atom is 0.190 e. The van der Waals surface area contributed by atoms with Gasteiger partial charge >= 0.3 is 0 Å². The molecule has 0 saturated heterocycles. The summed E-state index contributed by atoms with van der Waals surface area (Å²) in [5, 5.41) is 31.9. The third-order valence-electron chi connectivity index (χ3n) is 8.78. The highest BCUT2D eigenvalue weighted by Gasteiger charge is 2.76. The molecule has 0 aliphatic heterocycles. The second-order valence-electron chi connectivity index (χ2n) is 9.84. The molecule has 9 atom stereocenters. The number of hydrogen-bond donors (Lipinski definition) is 3. The van der Waals surface area contributed by atoms with Crippen LogP contribution < -0.4 is 0 Å². The molecule has 5 nitrogen and oxygen atoms in total. The van der Waals surface area contributed by atoms with Gasteiger partial charge in [-0.1, -0.05) is 19.9 Å². The van der Waals surface area contributed by atoms with Crippen molar-refractivity contribution in [1.82, 2.24) is 0 Å². The minimum Gasteiger partial charge on any atom is -0.390 e. The van der Waals surface area contributed by atoms with E-state index in [-0.39, 0.29) is 24.8 Å². The summed E-state index contributed by atoms with van der Waals surface area (Å²) in [5.74, 6) is -3.24. The first-order chi connectivity index (χ1) is 13.4. The van der Waals surface area contributed by atoms with E-state index in [4.69, 9.17) is 0 Å². The fraction of sp³-hybridized carbons (Fsp3) is 0.727. The van der Waals surface area contributed by atoms with Crippen molar-refractivity contribution in [3.63, 3.8) is 0 Å². The molecule has 3 saturated carbocycles. The number of aliphatic hydroxyl groups is 3. The Morgan fingerprint density at radius 2 is 1.93 bits per heavy atom. The quantitative estimate of drug-likeness (QED) is 0.646. The standard InChI is InChI=1S/C22H28F2O5/c1-11-6-13-14-8-16(23)15-7-12(26)4-5-19(15,2)21(14,24)17(27)9-20(13,3)22(11,29)18(28)10-25/h4-5,7,11,13-14,16-17,25,27,29H,6,8-10H2,1-3H3/t11?,13?,14?,16?,17?,19-,20-,21-,22-/m0/s1. The predicted octanol–water partition coefficient (Wildman–Crippen LogP) is 1.84. The number of alkyl halides is 2. The molecule has 0 heterocycles. The molecule has 4 aliphatic rings. The normalized spacial score (nSPS) is 53.7. The van der Waals surface area contributed by atoms with Gasteiger partial charge in [-0.25, -0.2) is 8.78 Å². The van der Waals surface area contributed by atoms with Crippen LogP contribution in [0.15, 0.2) is 23.8 Å². The lowest BCUT2D eigenvalue weighted by molar-refractivity contribution is -0.223. The maximum absolute atomic E-state index is 16.9. The molecular formula is C22H28F2O5. The van der Waals surface area contributed by atoms with Crippen LogP contribution in [-0.4, -0.2) is 57.0 Å². The fourth-order valence-corrected chi connectivity index (χ4v) is 7.25. The number of fused-ring (bicyclic) bond motifs is 5. The van der Waals surface area contributed by atoms with Crippen molar-refractivity contribution in [1.29, 1.82) is 0 Å². The van der Waals surface area contributed by atoms with Crippen LogP contribution in [0.5, 0.6) is 0 Å². The highest BCUT2D eigenvalue weighted by Crippen LogP contribution is 2.70. The van der Waals surface area contributed by atoms with Gasteiger partial charge in [0.25, 0.3) is 0 Å². The van der Waals surface area contributed by atoms with Crippen LogP contribution in [0.25, 0.3) is 0 Å². The Kier molecular flexibility index (Phi) is 4.34. The van der Waals surface area contributed by atoms with E-state index in [0.29, 0.717) is 0 Å². The van der Waals surface area contributed by atoms with E-state index in [2.05, 4.69) is 0 Å². The third-order valence-corrected chi connectivity index (χ3v) is 8.78. The van der Waals surface area contributed by atoms with Crippen molar-refractivity contribution in [2.75, 3.05) is 6.61 Å². The number of carbonyl (C=O) groups is 2. The Bertz CT molecular complexity index is 839. The van der Waals surface area contributed by atoms with E-state index < -0.39 is 70.3 Å². The molecule has 0 aromatic carbocycles. The van der Waals surface area contributed by atoms with E-state index in [9.17, 15) is 24.9 Å². The summed E-state index contributed by atoms with van der Waals surface area (Å²) in [6.45, 7) is 3.96. The first-order valence-electron chi connectivity index (χ1n) is 10.2. The summed E-state index contributed by atoms with van der Waals surface area (Å²) in [4.78, 5) is 24.3. The van der Waals surface area contributed by atoms with Gasteiger partial charge in [0.1, 0.15) is 18.4 Å². The smallest absolute Gasteiger partial charge is 0.190 e. The number of hydrogen-bond acceptors (Lipinski definition) is 5. The van der Waals surface area contributed by atoms with Crippen LogP contribution in [0.2, 0.25) is 0 Å². The van der Waals surface area contributed by atoms with Crippen molar-refractivity contribution in [2.45, 2.75) is 63.6 Å². The molecule has 0 spiro atoms. The number of carbonyl (C=O) groups excluding carboxylic acids is 2. The number of halogens is 2. The van der Waals surface area contributed by atoms with Crippen molar-refractivity contribution >= 4 is 11.6 Å². The van der Waals surface area contributed by atoms with Gasteiger partial charge in [0, 0.05) is 16.7 Å². The third kappa shape index (κ3) is 2.19. The Morgan fingerprint density at radius 1 is 1.28 bits per heavy atom. The number of aliphatic hydroxyl groups excluding tert-OH is 2. The molecule has 4 aliphatic carbocycles. The first kappa shape index (κ1) is 20.8. The zero-order valence-electron chi connectivity index (χ0n) is 16.9.